The van der Waals surface area contributed by atoms with Crippen LogP contribution in [-0.2, 0) is 10.0 Å². The van der Waals surface area contributed by atoms with Gasteiger partial charge in [-0.2, -0.15) is 11.8 Å². The Morgan fingerprint density at radius 3 is 2.29 bits per heavy atom. The largest absolute Gasteiger partial charge is 0.385 e. The molecule has 1 heterocycles. The second-order valence-electron chi connectivity index (χ2n) is 5.48. The minimum atomic E-state index is -3.44. The number of rotatable bonds is 5. The smallest absolute Gasteiger partial charge is 0.241 e. The lowest BCUT2D eigenvalue weighted by Gasteiger charge is -2.23. The molecule has 2 N–H and O–H groups in total. The minimum Gasteiger partial charge on any atom is -0.385 e. The summed E-state index contributed by atoms with van der Waals surface area (Å²) in [7, 11) is -3.44. The molecule has 4 nitrogen and oxygen atoms in total. The normalized spacial score (nSPS) is 16.9. The van der Waals surface area contributed by atoms with Gasteiger partial charge in [0.15, 0.2) is 0 Å². The van der Waals surface area contributed by atoms with Gasteiger partial charge in [0.1, 0.15) is 0 Å². The van der Waals surface area contributed by atoms with Crippen LogP contribution in [0, 0.1) is 13.8 Å². The van der Waals surface area contributed by atoms with Gasteiger partial charge in [-0.1, -0.05) is 0 Å². The number of anilines is 1. The van der Waals surface area contributed by atoms with E-state index in [0.717, 1.165) is 47.7 Å². The Balaban J connectivity index is 2.26. The van der Waals surface area contributed by atoms with Gasteiger partial charge in [-0.15, -0.1) is 0 Å². The zero-order chi connectivity index (χ0) is 15.5. The summed E-state index contributed by atoms with van der Waals surface area (Å²) in [4.78, 5) is 0.433. The third-order valence-electron chi connectivity index (χ3n) is 3.65. The monoisotopic (exact) mass is 328 g/mol. The number of thioether (sulfide) groups is 1. The molecule has 0 bridgehead atoms. The molecule has 0 aromatic heterocycles. The highest BCUT2D eigenvalue weighted by molar-refractivity contribution is 7.99. The van der Waals surface area contributed by atoms with E-state index in [4.69, 9.17) is 0 Å². The fraction of sp³-hybridized carbons (Fsp3) is 0.600. The number of hydrogen-bond donors (Lipinski definition) is 2. The summed E-state index contributed by atoms with van der Waals surface area (Å²) >= 11 is 1.89. The molecule has 1 saturated heterocycles. The molecule has 1 aromatic rings. The van der Waals surface area contributed by atoms with Crippen molar-refractivity contribution in [2.75, 3.05) is 23.4 Å². The van der Waals surface area contributed by atoms with E-state index in [9.17, 15) is 8.42 Å². The van der Waals surface area contributed by atoms with Crippen molar-refractivity contribution in [2.24, 2.45) is 0 Å². The Morgan fingerprint density at radius 2 is 1.76 bits per heavy atom. The molecule has 21 heavy (non-hydrogen) atoms. The zero-order valence-corrected chi connectivity index (χ0v) is 14.5. The number of nitrogens with one attached hydrogen (secondary N) is 2. The standard InChI is InChI=1S/C15H24N2O2S2/c1-4-16-14-9-11(2)15(12(3)10-14)21(18,19)17-13-5-7-20-8-6-13/h9-10,13,16-17H,4-8H2,1-3H3. The molecule has 0 spiro atoms. The van der Waals surface area contributed by atoms with E-state index in [1.165, 1.54) is 0 Å². The summed E-state index contributed by atoms with van der Waals surface area (Å²) in [6.45, 7) is 6.57. The van der Waals surface area contributed by atoms with Crippen molar-refractivity contribution in [3.05, 3.63) is 23.3 Å². The molecular formula is C15H24N2O2S2. The van der Waals surface area contributed by atoms with Crippen molar-refractivity contribution in [3.63, 3.8) is 0 Å². The van der Waals surface area contributed by atoms with Crippen LogP contribution in [0.4, 0.5) is 5.69 Å². The van der Waals surface area contributed by atoms with Gasteiger partial charge in [0.25, 0.3) is 0 Å². The van der Waals surface area contributed by atoms with Crippen molar-refractivity contribution >= 4 is 27.5 Å². The molecule has 0 aliphatic carbocycles. The van der Waals surface area contributed by atoms with Crippen molar-refractivity contribution in [1.29, 1.82) is 0 Å². The van der Waals surface area contributed by atoms with Crippen LogP contribution in [0.2, 0.25) is 0 Å². The molecule has 0 amide bonds. The van der Waals surface area contributed by atoms with Crippen LogP contribution in [-0.4, -0.2) is 32.5 Å². The highest BCUT2D eigenvalue weighted by atomic mass is 32.2. The average Bonchev–Trinajstić information content (AvgIpc) is 2.38. The molecule has 2 rings (SSSR count). The van der Waals surface area contributed by atoms with Gasteiger partial charge in [-0.3, -0.25) is 0 Å². The van der Waals surface area contributed by atoms with Gasteiger partial charge in [-0.25, -0.2) is 13.1 Å². The third-order valence-corrected chi connectivity index (χ3v) is 6.53. The second kappa shape index (κ2) is 7.03. The molecule has 0 radical (unpaired) electrons. The first-order valence-electron chi connectivity index (χ1n) is 7.39. The molecule has 1 aliphatic heterocycles. The molecule has 6 heteroatoms. The SMILES string of the molecule is CCNc1cc(C)c(S(=O)(=O)NC2CCSCC2)c(C)c1. The summed E-state index contributed by atoms with van der Waals surface area (Å²) in [5.41, 5.74) is 2.56. The van der Waals surface area contributed by atoms with Crippen LogP contribution < -0.4 is 10.0 Å². The Hall–Kier alpha value is -0.720. The van der Waals surface area contributed by atoms with Crippen molar-refractivity contribution in [1.82, 2.24) is 4.72 Å². The van der Waals surface area contributed by atoms with Crippen LogP contribution in [0.5, 0.6) is 0 Å². The number of sulfonamides is 1. The third kappa shape index (κ3) is 4.14. The van der Waals surface area contributed by atoms with Gasteiger partial charge < -0.3 is 5.32 Å². The maximum atomic E-state index is 12.7. The average molecular weight is 329 g/mol. The van der Waals surface area contributed by atoms with Crippen LogP contribution >= 0.6 is 11.8 Å². The predicted molar refractivity (Wildman–Crippen MR) is 90.7 cm³/mol. The van der Waals surface area contributed by atoms with E-state index < -0.39 is 10.0 Å². The molecule has 0 saturated carbocycles. The first-order valence-corrected chi connectivity index (χ1v) is 10.0. The Morgan fingerprint density at radius 1 is 1.19 bits per heavy atom. The van der Waals surface area contributed by atoms with E-state index in [2.05, 4.69) is 10.0 Å². The van der Waals surface area contributed by atoms with Gasteiger partial charge >= 0.3 is 0 Å². The van der Waals surface area contributed by atoms with Crippen molar-refractivity contribution in [2.45, 2.75) is 44.6 Å². The maximum absolute atomic E-state index is 12.7. The van der Waals surface area contributed by atoms with E-state index in [1.807, 2.05) is 44.7 Å². The Labute approximate surface area is 132 Å². The van der Waals surface area contributed by atoms with Gasteiger partial charge in [-0.05, 0) is 68.4 Å². The molecule has 1 aliphatic rings. The molecule has 1 aromatic carbocycles. The van der Waals surface area contributed by atoms with Gasteiger partial charge in [0.05, 0.1) is 4.90 Å². The predicted octanol–water partition coefficient (Wildman–Crippen LogP) is 2.91. The van der Waals surface area contributed by atoms with Crippen LogP contribution in [0.25, 0.3) is 0 Å². The van der Waals surface area contributed by atoms with Crippen LogP contribution in [0.15, 0.2) is 17.0 Å². The van der Waals surface area contributed by atoms with E-state index in [0.29, 0.717) is 4.90 Å². The van der Waals surface area contributed by atoms with Gasteiger partial charge in [0, 0.05) is 18.3 Å². The maximum Gasteiger partial charge on any atom is 0.241 e. The summed E-state index contributed by atoms with van der Waals surface area (Å²) in [6, 6.07) is 3.88. The molecule has 118 valence electrons. The summed E-state index contributed by atoms with van der Waals surface area (Å²) in [6.07, 6.45) is 1.83. The second-order valence-corrected chi connectivity index (χ2v) is 8.35. The minimum absolute atomic E-state index is 0.0727. The first-order chi connectivity index (χ1) is 9.94. The lowest BCUT2D eigenvalue weighted by molar-refractivity contribution is 0.528. The highest BCUT2D eigenvalue weighted by Gasteiger charge is 2.25. The number of benzene rings is 1. The molecule has 0 atom stereocenters. The lowest BCUT2D eigenvalue weighted by Crippen LogP contribution is -2.37. The number of aryl methyl sites for hydroxylation is 2. The fourth-order valence-electron chi connectivity index (χ4n) is 2.77. The van der Waals surface area contributed by atoms with Crippen molar-refractivity contribution in [3.8, 4) is 0 Å². The Bertz CT molecular complexity index is 571. The van der Waals surface area contributed by atoms with E-state index >= 15 is 0 Å². The fourth-order valence-corrected chi connectivity index (χ4v) is 5.64. The summed E-state index contributed by atoms with van der Waals surface area (Å²) in [5.74, 6) is 2.06. The quantitative estimate of drug-likeness (QED) is 0.872. The summed E-state index contributed by atoms with van der Waals surface area (Å²) in [5, 5.41) is 3.23. The van der Waals surface area contributed by atoms with Gasteiger partial charge in [0.2, 0.25) is 10.0 Å². The van der Waals surface area contributed by atoms with E-state index in [-0.39, 0.29) is 6.04 Å². The first kappa shape index (κ1) is 16.6. The van der Waals surface area contributed by atoms with Crippen LogP contribution in [0.3, 0.4) is 0 Å². The molecule has 0 unspecified atom stereocenters. The zero-order valence-electron chi connectivity index (χ0n) is 12.9. The number of hydrogen-bond acceptors (Lipinski definition) is 4. The lowest BCUT2D eigenvalue weighted by atomic mass is 10.1. The highest BCUT2D eigenvalue weighted by Crippen LogP contribution is 2.26. The summed E-state index contributed by atoms with van der Waals surface area (Å²) < 4.78 is 28.2. The topological polar surface area (TPSA) is 58.2 Å². The Kier molecular flexibility index (Phi) is 5.57. The molecule has 1 fully saturated rings. The van der Waals surface area contributed by atoms with E-state index in [1.54, 1.807) is 0 Å². The van der Waals surface area contributed by atoms with Crippen molar-refractivity contribution < 1.29 is 8.42 Å². The van der Waals surface area contributed by atoms with Crippen LogP contribution in [0.1, 0.15) is 30.9 Å². The molecular weight excluding hydrogens is 304 g/mol.